The quantitative estimate of drug-likeness (QED) is 0.762. The number of benzene rings is 1. The number of aromatic nitrogens is 2. The van der Waals surface area contributed by atoms with Gasteiger partial charge >= 0.3 is 0 Å². The van der Waals surface area contributed by atoms with Crippen molar-refractivity contribution in [1.82, 2.24) is 9.78 Å². The maximum atomic E-state index is 12.3. The molecule has 0 aliphatic carbocycles. The Morgan fingerprint density at radius 3 is 2.80 bits per heavy atom. The standard InChI is InChI=1S/C16H19BrN2O/c1-4-12(3)19-8-7-14(18-19)10-16(20)15-6-5-13(17)9-11(15)2/h5-9,12H,4,10H2,1-3H3. The Bertz CT molecular complexity index is 619. The summed E-state index contributed by atoms with van der Waals surface area (Å²) in [6, 6.07) is 8.03. The van der Waals surface area contributed by atoms with Crippen molar-refractivity contribution in [2.24, 2.45) is 0 Å². The first-order valence-electron chi connectivity index (χ1n) is 6.84. The maximum Gasteiger partial charge on any atom is 0.169 e. The number of nitrogens with zero attached hydrogens (tertiary/aromatic N) is 2. The van der Waals surface area contributed by atoms with Crippen molar-refractivity contribution >= 4 is 21.7 Å². The van der Waals surface area contributed by atoms with Gasteiger partial charge in [0, 0.05) is 22.3 Å². The summed E-state index contributed by atoms with van der Waals surface area (Å²) in [5.74, 6) is 0.115. The Morgan fingerprint density at radius 2 is 2.15 bits per heavy atom. The van der Waals surface area contributed by atoms with Crippen molar-refractivity contribution in [2.75, 3.05) is 0 Å². The van der Waals surface area contributed by atoms with E-state index in [0.29, 0.717) is 12.5 Å². The minimum Gasteiger partial charge on any atom is -0.294 e. The molecule has 0 aliphatic heterocycles. The van der Waals surface area contributed by atoms with Crippen LogP contribution in [0.3, 0.4) is 0 Å². The first kappa shape index (κ1) is 15.0. The van der Waals surface area contributed by atoms with Crippen LogP contribution < -0.4 is 0 Å². The molecule has 0 amide bonds. The maximum absolute atomic E-state index is 12.3. The molecule has 4 heteroatoms. The van der Waals surface area contributed by atoms with E-state index >= 15 is 0 Å². The number of rotatable bonds is 5. The predicted molar refractivity (Wildman–Crippen MR) is 84.1 cm³/mol. The summed E-state index contributed by atoms with van der Waals surface area (Å²) in [6.45, 7) is 6.20. The van der Waals surface area contributed by atoms with Gasteiger partial charge in [-0.3, -0.25) is 9.48 Å². The van der Waals surface area contributed by atoms with Gasteiger partial charge in [0.25, 0.3) is 0 Å². The molecule has 1 atom stereocenters. The average Bonchev–Trinajstić information content (AvgIpc) is 2.86. The fraction of sp³-hybridized carbons (Fsp3) is 0.375. The summed E-state index contributed by atoms with van der Waals surface area (Å²) >= 11 is 3.41. The summed E-state index contributed by atoms with van der Waals surface area (Å²) in [7, 11) is 0. The summed E-state index contributed by atoms with van der Waals surface area (Å²) in [4.78, 5) is 12.3. The largest absolute Gasteiger partial charge is 0.294 e. The van der Waals surface area contributed by atoms with Gasteiger partial charge in [-0.15, -0.1) is 0 Å². The third kappa shape index (κ3) is 3.37. The molecule has 0 spiro atoms. The van der Waals surface area contributed by atoms with E-state index in [1.165, 1.54) is 0 Å². The van der Waals surface area contributed by atoms with Gasteiger partial charge in [-0.2, -0.15) is 5.10 Å². The smallest absolute Gasteiger partial charge is 0.169 e. The lowest BCUT2D eigenvalue weighted by molar-refractivity contribution is 0.0991. The van der Waals surface area contributed by atoms with Crippen LogP contribution in [0, 0.1) is 6.92 Å². The van der Waals surface area contributed by atoms with Gasteiger partial charge in [-0.05, 0) is 44.0 Å². The molecular formula is C16H19BrN2O. The minimum atomic E-state index is 0.115. The third-order valence-corrected chi connectivity index (χ3v) is 4.03. The molecular weight excluding hydrogens is 316 g/mol. The highest BCUT2D eigenvalue weighted by Crippen LogP contribution is 2.18. The zero-order chi connectivity index (χ0) is 14.7. The van der Waals surface area contributed by atoms with Crippen molar-refractivity contribution in [3.8, 4) is 0 Å². The lowest BCUT2D eigenvalue weighted by Gasteiger charge is -2.08. The summed E-state index contributed by atoms with van der Waals surface area (Å²) < 4.78 is 2.92. The summed E-state index contributed by atoms with van der Waals surface area (Å²) in [5.41, 5.74) is 2.59. The van der Waals surface area contributed by atoms with Crippen LogP contribution in [0.5, 0.6) is 0 Å². The topological polar surface area (TPSA) is 34.9 Å². The first-order valence-corrected chi connectivity index (χ1v) is 7.64. The van der Waals surface area contributed by atoms with E-state index in [0.717, 1.165) is 27.7 Å². The van der Waals surface area contributed by atoms with Crippen molar-refractivity contribution in [3.05, 3.63) is 51.8 Å². The fourth-order valence-corrected chi connectivity index (χ4v) is 2.58. The molecule has 2 rings (SSSR count). The molecule has 0 radical (unpaired) electrons. The number of Topliss-reactive ketones (excluding diaryl/α,β-unsaturated/α-hetero) is 1. The van der Waals surface area contributed by atoms with Crippen LogP contribution in [-0.2, 0) is 6.42 Å². The summed E-state index contributed by atoms with van der Waals surface area (Å²) in [5, 5.41) is 4.48. The normalized spacial score (nSPS) is 12.4. The number of hydrogen-bond donors (Lipinski definition) is 0. The van der Waals surface area contributed by atoms with E-state index in [1.807, 2.05) is 42.1 Å². The highest BCUT2D eigenvalue weighted by Gasteiger charge is 2.13. The van der Waals surface area contributed by atoms with Crippen LogP contribution in [0.2, 0.25) is 0 Å². The van der Waals surface area contributed by atoms with Crippen LogP contribution in [0.1, 0.15) is 47.9 Å². The Balaban J connectivity index is 2.13. The van der Waals surface area contributed by atoms with Gasteiger partial charge in [0.1, 0.15) is 0 Å². The Labute approximate surface area is 128 Å². The molecule has 106 valence electrons. The van der Waals surface area contributed by atoms with Gasteiger partial charge < -0.3 is 0 Å². The van der Waals surface area contributed by atoms with Crippen LogP contribution in [0.4, 0.5) is 0 Å². The van der Waals surface area contributed by atoms with Crippen LogP contribution in [0.25, 0.3) is 0 Å². The molecule has 0 aliphatic rings. The predicted octanol–water partition coefficient (Wildman–Crippen LogP) is 4.35. The van der Waals surface area contributed by atoms with Crippen LogP contribution in [0.15, 0.2) is 34.9 Å². The van der Waals surface area contributed by atoms with Gasteiger partial charge in [-0.1, -0.05) is 28.9 Å². The van der Waals surface area contributed by atoms with E-state index in [1.54, 1.807) is 0 Å². The van der Waals surface area contributed by atoms with E-state index in [-0.39, 0.29) is 5.78 Å². The van der Waals surface area contributed by atoms with E-state index in [2.05, 4.69) is 34.9 Å². The number of hydrogen-bond acceptors (Lipinski definition) is 2. The number of aryl methyl sites for hydroxylation is 1. The molecule has 0 saturated heterocycles. The average molecular weight is 335 g/mol. The lowest BCUT2D eigenvalue weighted by Crippen LogP contribution is -2.08. The SMILES string of the molecule is CCC(C)n1ccc(CC(=O)c2ccc(Br)cc2C)n1. The van der Waals surface area contributed by atoms with E-state index < -0.39 is 0 Å². The van der Waals surface area contributed by atoms with Gasteiger partial charge in [0.05, 0.1) is 12.1 Å². The van der Waals surface area contributed by atoms with Gasteiger partial charge in [0.2, 0.25) is 0 Å². The molecule has 0 N–H and O–H groups in total. The first-order chi connectivity index (χ1) is 9.51. The second-order valence-electron chi connectivity index (χ2n) is 5.10. The van der Waals surface area contributed by atoms with Crippen molar-refractivity contribution < 1.29 is 4.79 Å². The molecule has 0 saturated carbocycles. The molecule has 3 nitrogen and oxygen atoms in total. The van der Waals surface area contributed by atoms with Crippen LogP contribution >= 0.6 is 15.9 Å². The molecule has 1 unspecified atom stereocenters. The van der Waals surface area contributed by atoms with E-state index in [4.69, 9.17) is 0 Å². The van der Waals surface area contributed by atoms with Gasteiger partial charge in [-0.25, -0.2) is 0 Å². The molecule has 20 heavy (non-hydrogen) atoms. The number of carbonyl (C=O) groups excluding carboxylic acids is 1. The lowest BCUT2D eigenvalue weighted by atomic mass is 10.0. The number of halogens is 1. The number of ketones is 1. The third-order valence-electron chi connectivity index (χ3n) is 3.54. The monoisotopic (exact) mass is 334 g/mol. The molecule has 1 aromatic heterocycles. The van der Waals surface area contributed by atoms with Crippen molar-refractivity contribution in [1.29, 1.82) is 0 Å². The second-order valence-corrected chi connectivity index (χ2v) is 6.02. The highest BCUT2D eigenvalue weighted by molar-refractivity contribution is 9.10. The molecule has 0 fully saturated rings. The molecule has 1 aromatic carbocycles. The van der Waals surface area contributed by atoms with Crippen molar-refractivity contribution in [3.63, 3.8) is 0 Å². The zero-order valence-electron chi connectivity index (χ0n) is 12.1. The molecule has 1 heterocycles. The Kier molecular flexibility index (Phi) is 4.76. The minimum absolute atomic E-state index is 0.115. The molecule has 0 bridgehead atoms. The fourth-order valence-electron chi connectivity index (χ4n) is 2.10. The van der Waals surface area contributed by atoms with Crippen molar-refractivity contribution in [2.45, 2.75) is 39.7 Å². The molecule has 2 aromatic rings. The Hall–Kier alpha value is -1.42. The van der Waals surface area contributed by atoms with E-state index in [9.17, 15) is 4.79 Å². The van der Waals surface area contributed by atoms with Crippen LogP contribution in [-0.4, -0.2) is 15.6 Å². The Morgan fingerprint density at radius 1 is 1.40 bits per heavy atom. The van der Waals surface area contributed by atoms with Gasteiger partial charge in [0.15, 0.2) is 5.78 Å². The number of carbonyl (C=O) groups is 1. The highest BCUT2D eigenvalue weighted by atomic mass is 79.9. The second kappa shape index (κ2) is 6.35. The summed E-state index contributed by atoms with van der Waals surface area (Å²) in [6.07, 6.45) is 3.33. The zero-order valence-corrected chi connectivity index (χ0v) is 13.6.